The van der Waals surface area contributed by atoms with Crippen LogP contribution in [0.1, 0.15) is 40.5 Å². The van der Waals surface area contributed by atoms with Crippen molar-refractivity contribution in [1.82, 2.24) is 4.90 Å². The molecule has 0 aliphatic rings. The number of primary amides is 1. The fourth-order valence-corrected chi connectivity index (χ4v) is 1.76. The summed E-state index contributed by atoms with van der Waals surface area (Å²) in [5, 5.41) is 0. The zero-order chi connectivity index (χ0) is 13.4. The Morgan fingerprint density at radius 2 is 1.88 bits per heavy atom. The topological polar surface area (TPSA) is 72.6 Å². The third-order valence-corrected chi connectivity index (χ3v) is 2.52. The number of rotatable bonds is 8. The van der Waals surface area contributed by atoms with Crippen molar-refractivity contribution in [2.45, 2.75) is 52.6 Å². The van der Waals surface area contributed by atoms with E-state index in [2.05, 4.69) is 0 Å². The van der Waals surface area contributed by atoms with Gasteiger partial charge in [-0.2, -0.15) is 0 Å². The van der Waals surface area contributed by atoms with E-state index in [0.717, 1.165) is 6.42 Å². The number of amides is 1. The maximum Gasteiger partial charge on any atom is 0.323 e. The summed E-state index contributed by atoms with van der Waals surface area (Å²) >= 11 is 0. The average Bonchev–Trinajstić information content (AvgIpc) is 2.22. The highest BCUT2D eigenvalue weighted by atomic mass is 16.5. The fourth-order valence-electron chi connectivity index (χ4n) is 1.76. The minimum absolute atomic E-state index is 0.0726. The SMILES string of the molecule is CCCC(C(=O)OCC)N(CC(N)=O)C(C)C. The number of ether oxygens (including phenoxy) is 1. The molecule has 100 valence electrons. The summed E-state index contributed by atoms with van der Waals surface area (Å²) in [6, 6.07) is -0.309. The Labute approximate surface area is 103 Å². The van der Waals surface area contributed by atoms with Gasteiger partial charge in [-0.1, -0.05) is 13.3 Å². The first-order chi connectivity index (χ1) is 7.93. The summed E-state index contributed by atoms with van der Waals surface area (Å²) in [6.07, 6.45) is 1.52. The third-order valence-electron chi connectivity index (χ3n) is 2.52. The monoisotopic (exact) mass is 244 g/mol. The van der Waals surface area contributed by atoms with Gasteiger partial charge in [0.1, 0.15) is 6.04 Å². The van der Waals surface area contributed by atoms with Crippen LogP contribution in [0, 0.1) is 0 Å². The van der Waals surface area contributed by atoms with Crippen LogP contribution in [-0.4, -0.2) is 42.0 Å². The summed E-state index contributed by atoms with van der Waals surface area (Å²) in [7, 11) is 0. The predicted octanol–water partition coefficient (Wildman–Crippen LogP) is 0.914. The Balaban J connectivity index is 4.81. The van der Waals surface area contributed by atoms with Crippen LogP contribution in [0.25, 0.3) is 0 Å². The maximum atomic E-state index is 11.8. The van der Waals surface area contributed by atoms with E-state index in [-0.39, 0.29) is 24.6 Å². The van der Waals surface area contributed by atoms with Gasteiger partial charge < -0.3 is 10.5 Å². The van der Waals surface area contributed by atoms with Crippen LogP contribution in [0.15, 0.2) is 0 Å². The van der Waals surface area contributed by atoms with Gasteiger partial charge in [0.2, 0.25) is 5.91 Å². The second kappa shape index (κ2) is 8.06. The molecule has 0 radical (unpaired) electrons. The Hall–Kier alpha value is -1.10. The lowest BCUT2D eigenvalue weighted by atomic mass is 10.1. The Bertz CT molecular complexity index is 254. The maximum absolute atomic E-state index is 11.8. The van der Waals surface area contributed by atoms with E-state index in [1.54, 1.807) is 11.8 Å². The second-order valence-corrected chi connectivity index (χ2v) is 4.29. The van der Waals surface area contributed by atoms with E-state index in [0.29, 0.717) is 13.0 Å². The third kappa shape index (κ3) is 5.68. The molecular weight excluding hydrogens is 220 g/mol. The summed E-state index contributed by atoms with van der Waals surface area (Å²) in [4.78, 5) is 24.7. The average molecular weight is 244 g/mol. The number of nitrogens with two attached hydrogens (primary N) is 1. The Morgan fingerprint density at radius 1 is 1.29 bits per heavy atom. The highest BCUT2D eigenvalue weighted by Crippen LogP contribution is 2.12. The lowest BCUT2D eigenvalue weighted by molar-refractivity contribution is -0.151. The Kier molecular flexibility index (Phi) is 7.54. The zero-order valence-electron chi connectivity index (χ0n) is 11.2. The van der Waals surface area contributed by atoms with Gasteiger partial charge in [0.25, 0.3) is 0 Å². The van der Waals surface area contributed by atoms with Crippen molar-refractivity contribution < 1.29 is 14.3 Å². The van der Waals surface area contributed by atoms with Crippen molar-refractivity contribution >= 4 is 11.9 Å². The van der Waals surface area contributed by atoms with E-state index in [1.807, 2.05) is 20.8 Å². The van der Waals surface area contributed by atoms with E-state index in [4.69, 9.17) is 10.5 Å². The molecule has 0 bridgehead atoms. The van der Waals surface area contributed by atoms with Gasteiger partial charge in [-0.25, -0.2) is 0 Å². The summed E-state index contributed by atoms with van der Waals surface area (Å²) < 4.78 is 5.04. The fraction of sp³-hybridized carbons (Fsp3) is 0.833. The number of esters is 1. The molecule has 5 nitrogen and oxygen atoms in total. The van der Waals surface area contributed by atoms with Gasteiger partial charge in [0.15, 0.2) is 0 Å². The van der Waals surface area contributed by atoms with Crippen molar-refractivity contribution in [2.75, 3.05) is 13.2 Å². The second-order valence-electron chi connectivity index (χ2n) is 4.29. The number of hydrogen-bond acceptors (Lipinski definition) is 4. The molecule has 1 unspecified atom stereocenters. The number of hydrogen-bond donors (Lipinski definition) is 1. The van der Waals surface area contributed by atoms with Crippen molar-refractivity contribution in [1.29, 1.82) is 0 Å². The molecule has 0 saturated carbocycles. The van der Waals surface area contributed by atoms with Crippen LogP contribution in [0.2, 0.25) is 0 Å². The molecule has 1 atom stereocenters. The molecule has 0 aromatic rings. The molecule has 5 heteroatoms. The molecule has 2 N–H and O–H groups in total. The van der Waals surface area contributed by atoms with Gasteiger partial charge in [-0.3, -0.25) is 14.5 Å². The van der Waals surface area contributed by atoms with Gasteiger partial charge in [0.05, 0.1) is 13.2 Å². The van der Waals surface area contributed by atoms with Gasteiger partial charge in [-0.05, 0) is 27.2 Å². The van der Waals surface area contributed by atoms with Crippen LogP contribution < -0.4 is 5.73 Å². The summed E-state index contributed by atoms with van der Waals surface area (Å²) in [6.45, 7) is 8.07. The van der Waals surface area contributed by atoms with Gasteiger partial charge >= 0.3 is 5.97 Å². The molecule has 0 aliphatic carbocycles. The number of nitrogens with zero attached hydrogens (tertiary/aromatic N) is 1. The normalized spacial score (nSPS) is 12.8. The van der Waals surface area contributed by atoms with Crippen LogP contribution in [0.5, 0.6) is 0 Å². The zero-order valence-corrected chi connectivity index (χ0v) is 11.2. The molecule has 0 aromatic heterocycles. The first-order valence-electron chi connectivity index (χ1n) is 6.14. The predicted molar refractivity (Wildman–Crippen MR) is 66.4 cm³/mol. The van der Waals surface area contributed by atoms with E-state index < -0.39 is 5.91 Å². The van der Waals surface area contributed by atoms with Gasteiger partial charge in [-0.15, -0.1) is 0 Å². The summed E-state index contributed by atoms with van der Waals surface area (Å²) in [5.41, 5.74) is 5.21. The molecule has 0 aliphatic heterocycles. The van der Waals surface area contributed by atoms with Crippen LogP contribution in [0.3, 0.4) is 0 Å². The number of carbonyl (C=O) groups is 2. The van der Waals surface area contributed by atoms with E-state index in [1.165, 1.54) is 0 Å². The molecule has 1 amide bonds. The molecule has 0 rings (SSSR count). The van der Waals surface area contributed by atoms with Crippen molar-refractivity contribution in [3.63, 3.8) is 0 Å². The Morgan fingerprint density at radius 3 is 2.24 bits per heavy atom. The van der Waals surface area contributed by atoms with Crippen molar-refractivity contribution in [3.8, 4) is 0 Å². The van der Waals surface area contributed by atoms with Crippen LogP contribution in [-0.2, 0) is 14.3 Å². The van der Waals surface area contributed by atoms with E-state index >= 15 is 0 Å². The van der Waals surface area contributed by atoms with Crippen molar-refractivity contribution in [2.24, 2.45) is 5.73 Å². The number of carbonyl (C=O) groups excluding carboxylic acids is 2. The smallest absolute Gasteiger partial charge is 0.323 e. The largest absolute Gasteiger partial charge is 0.465 e. The van der Waals surface area contributed by atoms with Gasteiger partial charge in [0, 0.05) is 6.04 Å². The summed E-state index contributed by atoms with van der Waals surface area (Å²) in [5.74, 6) is -0.701. The molecule has 0 saturated heterocycles. The molecular formula is C12H24N2O3. The molecule has 0 aromatic carbocycles. The molecule has 0 heterocycles. The molecule has 0 spiro atoms. The van der Waals surface area contributed by atoms with E-state index in [9.17, 15) is 9.59 Å². The minimum atomic E-state index is -0.427. The quantitative estimate of drug-likeness (QED) is 0.644. The first-order valence-corrected chi connectivity index (χ1v) is 6.14. The van der Waals surface area contributed by atoms with Crippen molar-refractivity contribution in [3.05, 3.63) is 0 Å². The lowest BCUT2D eigenvalue weighted by Crippen LogP contribution is -2.49. The highest BCUT2D eigenvalue weighted by molar-refractivity contribution is 5.79. The highest BCUT2D eigenvalue weighted by Gasteiger charge is 2.29. The lowest BCUT2D eigenvalue weighted by Gasteiger charge is -2.32. The van der Waals surface area contributed by atoms with Crippen LogP contribution in [0.4, 0.5) is 0 Å². The molecule has 17 heavy (non-hydrogen) atoms. The van der Waals surface area contributed by atoms with Crippen LogP contribution >= 0.6 is 0 Å². The minimum Gasteiger partial charge on any atom is -0.465 e. The molecule has 0 fully saturated rings. The first kappa shape index (κ1) is 15.9. The standard InChI is InChI=1S/C12H24N2O3/c1-5-7-10(12(16)17-6-2)14(9(3)4)8-11(13)15/h9-10H,5-8H2,1-4H3,(H2,13,15).